The highest BCUT2D eigenvalue weighted by atomic mass is 31.2. The molecular formula is C26H29O7P. The van der Waals surface area contributed by atoms with Gasteiger partial charge in [0.2, 0.25) is 0 Å². The van der Waals surface area contributed by atoms with Crippen LogP contribution in [0.4, 0.5) is 0 Å². The van der Waals surface area contributed by atoms with Crippen LogP contribution < -0.4 is 4.52 Å². The summed E-state index contributed by atoms with van der Waals surface area (Å²) in [6.45, 7) is 11.1. The first-order valence-electron chi connectivity index (χ1n) is 10.4. The summed E-state index contributed by atoms with van der Waals surface area (Å²) in [4.78, 5) is 46.4. The van der Waals surface area contributed by atoms with Crippen LogP contribution >= 0.6 is 7.82 Å². The summed E-state index contributed by atoms with van der Waals surface area (Å²) in [5.74, 6) is -1.27. The molecule has 3 aromatic rings. The highest BCUT2D eigenvalue weighted by Gasteiger charge is 2.30. The Morgan fingerprint density at radius 1 is 0.706 bits per heavy atom. The second kappa shape index (κ2) is 10.0. The molecule has 0 amide bonds. The number of phosphoric acid groups is 1. The summed E-state index contributed by atoms with van der Waals surface area (Å²) in [6.07, 6.45) is 0. The van der Waals surface area contributed by atoms with Gasteiger partial charge in [-0.05, 0) is 69.9 Å². The molecule has 0 heterocycles. The molecule has 3 rings (SSSR count). The molecule has 34 heavy (non-hydrogen) atoms. The van der Waals surface area contributed by atoms with E-state index in [4.69, 9.17) is 4.52 Å². The third-order valence-corrected chi connectivity index (χ3v) is 5.96. The van der Waals surface area contributed by atoms with Crippen LogP contribution in [0.2, 0.25) is 0 Å². The average Bonchev–Trinajstić information content (AvgIpc) is 2.64. The number of carbonyl (C=O) groups excluding carboxylic acids is 2. The van der Waals surface area contributed by atoms with Gasteiger partial charge in [-0.2, -0.15) is 0 Å². The zero-order valence-corrected chi connectivity index (χ0v) is 20.9. The number of hydrogen-bond donors (Lipinski definition) is 2. The third-order valence-electron chi connectivity index (χ3n) is 5.52. The SMILES string of the molecule is Cc1cc(C)c(C(=O)c2cccc(OP(=O)(O)O)c2C(=O)c2c(C)cc(C)cc2C)c(C)c1.O. The van der Waals surface area contributed by atoms with Crippen LogP contribution in [0.15, 0.2) is 42.5 Å². The smallest absolute Gasteiger partial charge is 0.412 e. The standard InChI is InChI=1S/C26H27O6P.H2O/c1-14-10-16(3)22(17(4)11-14)25(27)20-8-7-9-21(32-33(29,30)31)24(20)26(28)23-18(5)12-15(2)13-19(23)6;/h7-13H,1-6H3,(H2,29,30,31);1H2. The zero-order chi connectivity index (χ0) is 24.7. The highest BCUT2D eigenvalue weighted by molar-refractivity contribution is 7.46. The Hall–Kier alpha value is -3.09. The van der Waals surface area contributed by atoms with Crippen LogP contribution in [0.3, 0.4) is 0 Å². The van der Waals surface area contributed by atoms with E-state index in [9.17, 15) is 23.9 Å². The Balaban J connectivity index is 0.00000408. The van der Waals surface area contributed by atoms with Crippen LogP contribution in [0.1, 0.15) is 65.2 Å². The number of phosphoric ester groups is 1. The predicted octanol–water partition coefficient (Wildman–Crippen LogP) is 4.65. The molecule has 0 spiro atoms. The molecule has 0 saturated heterocycles. The van der Waals surface area contributed by atoms with E-state index in [1.54, 1.807) is 13.8 Å². The second-order valence-electron chi connectivity index (χ2n) is 8.47. The number of hydrogen-bond acceptors (Lipinski definition) is 4. The molecule has 8 heteroatoms. The van der Waals surface area contributed by atoms with Crippen molar-refractivity contribution in [1.29, 1.82) is 0 Å². The van der Waals surface area contributed by atoms with Gasteiger partial charge in [-0.1, -0.05) is 47.5 Å². The molecule has 7 nitrogen and oxygen atoms in total. The fraction of sp³-hybridized carbons (Fsp3) is 0.231. The van der Waals surface area contributed by atoms with Crippen molar-refractivity contribution < 1.29 is 33.9 Å². The first-order valence-corrected chi connectivity index (χ1v) is 12.0. The molecule has 4 N–H and O–H groups in total. The molecular weight excluding hydrogens is 455 g/mol. The van der Waals surface area contributed by atoms with Gasteiger partial charge in [0.25, 0.3) is 0 Å². The quantitative estimate of drug-likeness (QED) is 0.387. The molecule has 180 valence electrons. The Morgan fingerprint density at radius 2 is 1.12 bits per heavy atom. The largest absolute Gasteiger partial charge is 0.524 e. The highest BCUT2D eigenvalue weighted by Crippen LogP contribution is 2.41. The molecule has 0 bridgehead atoms. The van der Waals surface area contributed by atoms with Gasteiger partial charge in [-0.25, -0.2) is 4.57 Å². The number of rotatable bonds is 6. The van der Waals surface area contributed by atoms with E-state index in [0.29, 0.717) is 22.3 Å². The molecule has 0 atom stereocenters. The Bertz CT molecular complexity index is 1290. The summed E-state index contributed by atoms with van der Waals surface area (Å²) in [5, 5.41) is 0. The zero-order valence-electron chi connectivity index (χ0n) is 20.0. The van der Waals surface area contributed by atoms with Gasteiger partial charge in [0.05, 0.1) is 5.56 Å². The van der Waals surface area contributed by atoms with Crippen molar-refractivity contribution in [3.8, 4) is 5.75 Å². The maximum absolute atomic E-state index is 13.8. The maximum atomic E-state index is 13.8. The fourth-order valence-electron chi connectivity index (χ4n) is 4.49. The van der Waals surface area contributed by atoms with Gasteiger partial charge in [0.15, 0.2) is 11.6 Å². The molecule has 0 aliphatic heterocycles. The molecule has 0 saturated carbocycles. The first kappa shape index (κ1) is 27.2. The maximum Gasteiger partial charge on any atom is 0.524 e. The Labute approximate surface area is 199 Å². The van der Waals surface area contributed by atoms with E-state index in [0.717, 1.165) is 22.3 Å². The Kier molecular flexibility index (Phi) is 8.02. The second-order valence-corrected chi connectivity index (χ2v) is 9.63. The lowest BCUT2D eigenvalue weighted by atomic mass is 9.86. The third kappa shape index (κ3) is 5.51. The summed E-state index contributed by atoms with van der Waals surface area (Å²) < 4.78 is 16.5. The minimum atomic E-state index is -4.99. The van der Waals surface area contributed by atoms with Crippen LogP contribution in [-0.2, 0) is 4.57 Å². The van der Waals surface area contributed by atoms with E-state index in [-0.39, 0.29) is 22.4 Å². The van der Waals surface area contributed by atoms with Gasteiger partial charge in [0.1, 0.15) is 5.75 Å². The average molecular weight is 484 g/mol. The molecule has 0 unspecified atom stereocenters. The van der Waals surface area contributed by atoms with Crippen LogP contribution in [-0.4, -0.2) is 26.8 Å². The van der Waals surface area contributed by atoms with Gasteiger partial charge in [-0.3, -0.25) is 19.4 Å². The van der Waals surface area contributed by atoms with E-state index >= 15 is 0 Å². The van der Waals surface area contributed by atoms with E-state index in [1.165, 1.54) is 18.2 Å². The van der Waals surface area contributed by atoms with Crippen molar-refractivity contribution >= 4 is 19.4 Å². The van der Waals surface area contributed by atoms with Crippen molar-refractivity contribution in [3.63, 3.8) is 0 Å². The number of benzene rings is 3. The lowest BCUT2D eigenvalue weighted by molar-refractivity contribution is 0.1000. The van der Waals surface area contributed by atoms with Crippen LogP contribution in [0.5, 0.6) is 5.75 Å². The molecule has 0 fully saturated rings. The normalized spacial score (nSPS) is 11.1. The van der Waals surface area contributed by atoms with Gasteiger partial charge in [0, 0.05) is 16.7 Å². The van der Waals surface area contributed by atoms with Gasteiger partial charge >= 0.3 is 7.82 Å². The fourth-order valence-corrected chi connectivity index (χ4v) is 4.90. The van der Waals surface area contributed by atoms with E-state index < -0.39 is 19.4 Å². The monoisotopic (exact) mass is 484 g/mol. The summed E-state index contributed by atoms with van der Waals surface area (Å²) >= 11 is 0. The number of carbonyl (C=O) groups is 2. The minimum Gasteiger partial charge on any atom is -0.412 e. The topological polar surface area (TPSA) is 132 Å². The molecule has 3 aromatic carbocycles. The molecule has 0 aromatic heterocycles. The lowest BCUT2D eigenvalue weighted by Gasteiger charge is -2.18. The van der Waals surface area contributed by atoms with Gasteiger partial charge < -0.3 is 10.00 Å². The number of ketones is 2. The van der Waals surface area contributed by atoms with Crippen LogP contribution in [0, 0.1) is 41.5 Å². The summed E-state index contributed by atoms with van der Waals surface area (Å²) in [5.41, 5.74) is 5.55. The lowest BCUT2D eigenvalue weighted by Crippen LogP contribution is -2.16. The van der Waals surface area contributed by atoms with Crippen LogP contribution in [0.25, 0.3) is 0 Å². The summed E-state index contributed by atoms with van der Waals surface area (Å²) in [6, 6.07) is 11.7. The van der Waals surface area contributed by atoms with E-state index in [2.05, 4.69) is 0 Å². The minimum absolute atomic E-state index is 0. The summed E-state index contributed by atoms with van der Waals surface area (Å²) in [7, 11) is -4.99. The Morgan fingerprint density at radius 3 is 1.53 bits per heavy atom. The van der Waals surface area contributed by atoms with Crippen molar-refractivity contribution in [2.75, 3.05) is 0 Å². The molecule has 0 aliphatic rings. The van der Waals surface area contributed by atoms with Crippen molar-refractivity contribution in [2.24, 2.45) is 0 Å². The predicted molar refractivity (Wildman–Crippen MR) is 131 cm³/mol. The van der Waals surface area contributed by atoms with Crippen molar-refractivity contribution in [2.45, 2.75) is 41.5 Å². The molecule has 0 radical (unpaired) electrons. The van der Waals surface area contributed by atoms with E-state index in [1.807, 2.05) is 52.0 Å². The van der Waals surface area contributed by atoms with Crippen molar-refractivity contribution in [3.05, 3.63) is 98.1 Å². The van der Waals surface area contributed by atoms with Gasteiger partial charge in [-0.15, -0.1) is 0 Å². The molecule has 0 aliphatic carbocycles. The number of aryl methyl sites for hydroxylation is 6. The first-order chi connectivity index (χ1) is 15.3. The van der Waals surface area contributed by atoms with Crippen molar-refractivity contribution in [1.82, 2.24) is 0 Å².